The molecule has 1 aromatic rings. The minimum Gasteiger partial charge on any atom is -0.382 e. The highest BCUT2D eigenvalue weighted by Crippen LogP contribution is 2.22. The summed E-state index contributed by atoms with van der Waals surface area (Å²) in [7, 11) is 0. The number of rotatable bonds is 5. The maximum atomic E-state index is 12.4. The third-order valence-corrected chi connectivity index (χ3v) is 4.38. The summed E-state index contributed by atoms with van der Waals surface area (Å²) in [5, 5.41) is 9.11. The minimum absolute atomic E-state index is 0.0161. The smallest absolute Gasteiger partial charge is 0.382 e. The Labute approximate surface area is 139 Å². The Morgan fingerprint density at radius 3 is 2.29 bits per heavy atom. The fraction of sp³-hybridized carbons (Fsp3) is 0.588. The molecule has 0 spiro atoms. The Bertz CT molecular complexity index is 528. The first kappa shape index (κ1) is 18.7. The zero-order valence-corrected chi connectivity index (χ0v) is 13.7. The summed E-state index contributed by atoms with van der Waals surface area (Å²) in [5.41, 5.74) is 1.10. The van der Waals surface area contributed by atoms with E-state index in [1.165, 1.54) is 0 Å². The van der Waals surface area contributed by atoms with Gasteiger partial charge in [0, 0.05) is 39.1 Å². The van der Waals surface area contributed by atoms with Crippen LogP contribution in [0.25, 0.3) is 0 Å². The second-order valence-electron chi connectivity index (χ2n) is 6.25. The third kappa shape index (κ3) is 5.21. The van der Waals surface area contributed by atoms with Gasteiger partial charge in [0.05, 0.1) is 0 Å². The van der Waals surface area contributed by atoms with Crippen LogP contribution in [0.3, 0.4) is 0 Å². The number of halogens is 3. The number of carbonyl (C=O) groups excluding carboxylic acids is 1. The number of alkyl halides is 3. The van der Waals surface area contributed by atoms with Crippen molar-refractivity contribution in [1.29, 1.82) is 0 Å². The van der Waals surface area contributed by atoms with Gasteiger partial charge in [-0.3, -0.25) is 9.69 Å². The van der Waals surface area contributed by atoms with Gasteiger partial charge in [-0.05, 0) is 11.5 Å². The van der Waals surface area contributed by atoms with Crippen molar-refractivity contribution in [3.63, 3.8) is 0 Å². The molecule has 2 atom stereocenters. The number of piperazine rings is 1. The monoisotopic (exact) mass is 344 g/mol. The van der Waals surface area contributed by atoms with Gasteiger partial charge in [-0.25, -0.2) is 0 Å². The van der Waals surface area contributed by atoms with Crippen molar-refractivity contribution in [3.8, 4) is 0 Å². The van der Waals surface area contributed by atoms with Crippen molar-refractivity contribution < 1.29 is 23.1 Å². The molecule has 0 aromatic heterocycles. The topological polar surface area (TPSA) is 43.8 Å². The summed E-state index contributed by atoms with van der Waals surface area (Å²) >= 11 is 0. The summed E-state index contributed by atoms with van der Waals surface area (Å²) < 4.78 is 37.1. The van der Waals surface area contributed by atoms with Gasteiger partial charge < -0.3 is 10.0 Å². The number of hydrogen-bond donors (Lipinski definition) is 1. The Hall–Kier alpha value is -1.60. The third-order valence-electron chi connectivity index (χ3n) is 4.38. The number of amides is 1. The van der Waals surface area contributed by atoms with Crippen LogP contribution in [0.15, 0.2) is 30.3 Å². The van der Waals surface area contributed by atoms with Gasteiger partial charge in [-0.1, -0.05) is 37.3 Å². The predicted octanol–water partition coefficient (Wildman–Crippen LogP) is 2.25. The molecular formula is C17H23F3N2O2. The zero-order valence-electron chi connectivity index (χ0n) is 13.7. The molecule has 134 valence electrons. The molecule has 0 aliphatic carbocycles. The van der Waals surface area contributed by atoms with E-state index in [2.05, 4.69) is 0 Å². The molecule has 4 nitrogen and oxygen atoms in total. The van der Waals surface area contributed by atoms with Crippen molar-refractivity contribution in [2.75, 3.05) is 32.7 Å². The summed E-state index contributed by atoms with van der Waals surface area (Å²) in [5.74, 6) is 0.117. The van der Waals surface area contributed by atoms with E-state index in [0.29, 0.717) is 32.6 Å². The number of aliphatic hydroxyl groups is 1. The molecule has 1 fully saturated rings. The second kappa shape index (κ2) is 7.98. The van der Waals surface area contributed by atoms with Crippen LogP contribution < -0.4 is 0 Å². The Morgan fingerprint density at radius 1 is 1.17 bits per heavy atom. The fourth-order valence-corrected chi connectivity index (χ4v) is 2.82. The molecule has 7 heteroatoms. The molecule has 1 saturated heterocycles. The van der Waals surface area contributed by atoms with Crippen molar-refractivity contribution in [1.82, 2.24) is 9.80 Å². The van der Waals surface area contributed by atoms with Gasteiger partial charge in [0.25, 0.3) is 0 Å². The molecule has 1 N–H and O–H groups in total. The Morgan fingerprint density at radius 2 is 1.75 bits per heavy atom. The van der Waals surface area contributed by atoms with Gasteiger partial charge in [0.1, 0.15) is 0 Å². The number of benzene rings is 1. The van der Waals surface area contributed by atoms with Crippen molar-refractivity contribution in [2.24, 2.45) is 0 Å². The molecular weight excluding hydrogens is 321 g/mol. The molecule has 0 radical (unpaired) electrons. The predicted molar refractivity (Wildman–Crippen MR) is 84.6 cm³/mol. The zero-order chi connectivity index (χ0) is 17.7. The van der Waals surface area contributed by atoms with Gasteiger partial charge in [-0.2, -0.15) is 13.2 Å². The average molecular weight is 344 g/mol. The lowest BCUT2D eigenvalue weighted by atomic mass is 9.97. The van der Waals surface area contributed by atoms with Crippen molar-refractivity contribution in [2.45, 2.75) is 31.5 Å². The normalized spacial score (nSPS) is 19.1. The van der Waals surface area contributed by atoms with E-state index in [-0.39, 0.29) is 11.8 Å². The van der Waals surface area contributed by atoms with E-state index in [1.807, 2.05) is 37.3 Å². The van der Waals surface area contributed by atoms with E-state index >= 15 is 0 Å². The minimum atomic E-state index is -4.60. The lowest BCUT2D eigenvalue weighted by Crippen LogP contribution is -2.52. The van der Waals surface area contributed by atoms with Crippen LogP contribution in [0, 0.1) is 0 Å². The van der Waals surface area contributed by atoms with Crippen LogP contribution in [-0.2, 0) is 4.79 Å². The van der Waals surface area contributed by atoms with Crippen LogP contribution >= 0.6 is 0 Å². The van der Waals surface area contributed by atoms with Crippen LogP contribution in [-0.4, -0.2) is 65.8 Å². The summed E-state index contributed by atoms with van der Waals surface area (Å²) in [6.45, 7) is 3.03. The number of β-amino-alcohol motifs (C(OH)–C–C–N with tert-alkyl or cyclic N) is 1. The molecule has 1 heterocycles. The van der Waals surface area contributed by atoms with Gasteiger partial charge in [0.2, 0.25) is 5.91 Å². The average Bonchev–Trinajstić information content (AvgIpc) is 2.55. The number of hydrogen-bond acceptors (Lipinski definition) is 3. The van der Waals surface area contributed by atoms with Crippen LogP contribution in [0.2, 0.25) is 0 Å². The largest absolute Gasteiger partial charge is 0.415 e. The lowest BCUT2D eigenvalue weighted by Gasteiger charge is -2.36. The van der Waals surface area contributed by atoms with Gasteiger partial charge in [0.15, 0.2) is 6.10 Å². The van der Waals surface area contributed by atoms with E-state index in [1.54, 1.807) is 9.80 Å². The molecule has 0 saturated carbocycles. The van der Waals surface area contributed by atoms with E-state index in [0.717, 1.165) is 5.56 Å². The van der Waals surface area contributed by atoms with Gasteiger partial charge >= 0.3 is 6.18 Å². The van der Waals surface area contributed by atoms with Crippen molar-refractivity contribution in [3.05, 3.63) is 35.9 Å². The molecule has 1 aromatic carbocycles. The SMILES string of the molecule is C[C@H](CC(=O)N1CCN(C[C@H](O)C(F)(F)F)CC1)c1ccccc1. The Balaban J connectivity index is 1.78. The van der Waals surface area contributed by atoms with E-state index in [9.17, 15) is 18.0 Å². The Kier molecular flexibility index (Phi) is 6.23. The number of carbonyl (C=O) groups is 1. The summed E-state index contributed by atoms with van der Waals surface area (Å²) in [4.78, 5) is 15.6. The number of nitrogens with zero attached hydrogens (tertiary/aromatic N) is 2. The van der Waals surface area contributed by atoms with Crippen LogP contribution in [0.5, 0.6) is 0 Å². The van der Waals surface area contributed by atoms with E-state index < -0.39 is 18.8 Å². The molecule has 24 heavy (non-hydrogen) atoms. The molecule has 0 bridgehead atoms. The highest BCUT2D eigenvalue weighted by atomic mass is 19.4. The summed E-state index contributed by atoms with van der Waals surface area (Å²) in [6, 6.07) is 9.75. The molecule has 1 aliphatic heterocycles. The molecule has 1 aliphatic rings. The van der Waals surface area contributed by atoms with Crippen LogP contribution in [0.1, 0.15) is 24.8 Å². The highest BCUT2D eigenvalue weighted by molar-refractivity contribution is 5.77. The molecule has 2 rings (SSSR count). The molecule has 0 unspecified atom stereocenters. The summed E-state index contributed by atoms with van der Waals surface area (Å²) in [6.07, 6.45) is -6.55. The first-order chi connectivity index (χ1) is 11.3. The standard InChI is InChI=1S/C17H23F3N2O2/c1-13(14-5-3-2-4-6-14)11-16(24)22-9-7-21(8-10-22)12-15(23)17(18,19)20/h2-6,13,15,23H,7-12H2,1H3/t13-,15+/m1/s1. The second-order valence-corrected chi connectivity index (χ2v) is 6.25. The maximum absolute atomic E-state index is 12.4. The first-order valence-corrected chi connectivity index (χ1v) is 8.07. The molecule has 1 amide bonds. The van der Waals surface area contributed by atoms with Crippen LogP contribution in [0.4, 0.5) is 13.2 Å². The lowest BCUT2D eigenvalue weighted by molar-refractivity contribution is -0.209. The van der Waals surface area contributed by atoms with E-state index in [4.69, 9.17) is 5.11 Å². The number of aliphatic hydroxyl groups excluding tert-OH is 1. The maximum Gasteiger partial charge on any atom is 0.415 e. The quantitative estimate of drug-likeness (QED) is 0.891. The fourth-order valence-electron chi connectivity index (χ4n) is 2.82. The highest BCUT2D eigenvalue weighted by Gasteiger charge is 2.39. The first-order valence-electron chi connectivity index (χ1n) is 8.07. The van der Waals surface area contributed by atoms with Gasteiger partial charge in [-0.15, -0.1) is 0 Å². The van der Waals surface area contributed by atoms with Crippen molar-refractivity contribution >= 4 is 5.91 Å².